The summed E-state index contributed by atoms with van der Waals surface area (Å²) in [4.78, 5) is 38.0. The zero-order valence-electron chi connectivity index (χ0n) is 20.2. The van der Waals surface area contributed by atoms with Crippen LogP contribution in [0.2, 0.25) is 0 Å². The van der Waals surface area contributed by atoms with E-state index < -0.39 is 17.0 Å². The zero-order chi connectivity index (χ0) is 23.0. The van der Waals surface area contributed by atoms with Gasteiger partial charge in [-0.2, -0.15) is 0 Å². The van der Waals surface area contributed by atoms with Crippen molar-refractivity contribution in [1.82, 2.24) is 10.6 Å². The molecule has 3 unspecified atom stereocenters. The van der Waals surface area contributed by atoms with Gasteiger partial charge in [-0.1, -0.05) is 61.3 Å². The number of nitrogens with two attached hydrogens (primary N) is 1. The largest absolute Gasteiger partial charge is 0.369 e. The third-order valence-electron chi connectivity index (χ3n) is 5.84. The summed E-state index contributed by atoms with van der Waals surface area (Å²) < 4.78 is 0. The van der Waals surface area contributed by atoms with E-state index in [0.717, 1.165) is 25.7 Å². The normalized spacial score (nSPS) is 16.4. The molecule has 0 aromatic heterocycles. The average Bonchev–Trinajstić information content (AvgIpc) is 2.56. The minimum atomic E-state index is -1.23. The van der Waals surface area contributed by atoms with E-state index in [1.54, 1.807) is 13.8 Å². The molecular formula is C23H45N3O3. The lowest BCUT2D eigenvalue weighted by Gasteiger charge is -2.46. The van der Waals surface area contributed by atoms with Crippen molar-refractivity contribution >= 4 is 17.7 Å². The Hall–Kier alpha value is -1.59. The Kier molecular flexibility index (Phi) is 10.4. The summed E-state index contributed by atoms with van der Waals surface area (Å²) in [6.07, 6.45) is 4.30. The molecule has 0 aliphatic heterocycles. The van der Waals surface area contributed by atoms with Crippen LogP contribution in [-0.2, 0) is 14.4 Å². The molecule has 0 aromatic rings. The number of hydrogen-bond donors (Lipinski definition) is 3. The van der Waals surface area contributed by atoms with Crippen molar-refractivity contribution in [2.75, 3.05) is 0 Å². The first-order valence-electron chi connectivity index (χ1n) is 11.0. The number of unbranched alkanes of at least 4 members (excludes halogenated alkanes) is 1. The molecule has 0 saturated carbocycles. The number of primary amides is 1. The van der Waals surface area contributed by atoms with Crippen LogP contribution in [0, 0.1) is 22.7 Å². The first-order chi connectivity index (χ1) is 13.1. The molecule has 0 bridgehead atoms. The van der Waals surface area contributed by atoms with Crippen LogP contribution in [0.3, 0.4) is 0 Å². The molecule has 0 aliphatic rings. The van der Waals surface area contributed by atoms with Gasteiger partial charge in [0.05, 0.1) is 5.41 Å². The van der Waals surface area contributed by atoms with Gasteiger partial charge in [0.25, 0.3) is 0 Å². The minimum absolute atomic E-state index is 0.122. The summed E-state index contributed by atoms with van der Waals surface area (Å²) in [5, 5.41) is 5.98. The molecule has 4 N–H and O–H groups in total. The maximum atomic E-state index is 12.9. The van der Waals surface area contributed by atoms with E-state index in [9.17, 15) is 14.4 Å². The Bertz CT molecular complexity index is 566. The van der Waals surface area contributed by atoms with Gasteiger partial charge >= 0.3 is 0 Å². The molecule has 3 amide bonds. The Labute approximate surface area is 178 Å². The molecule has 29 heavy (non-hydrogen) atoms. The predicted molar refractivity (Wildman–Crippen MR) is 119 cm³/mol. The van der Waals surface area contributed by atoms with Crippen LogP contribution in [0.1, 0.15) is 101 Å². The second kappa shape index (κ2) is 11.0. The minimum Gasteiger partial charge on any atom is -0.369 e. The summed E-state index contributed by atoms with van der Waals surface area (Å²) in [7, 11) is 0. The number of carbonyl (C=O) groups excluding carboxylic acids is 3. The van der Waals surface area contributed by atoms with E-state index in [2.05, 4.69) is 38.3 Å². The fourth-order valence-electron chi connectivity index (χ4n) is 3.87. The van der Waals surface area contributed by atoms with Crippen molar-refractivity contribution in [1.29, 1.82) is 0 Å². The van der Waals surface area contributed by atoms with Crippen LogP contribution in [0.4, 0.5) is 0 Å². The fourth-order valence-corrected chi connectivity index (χ4v) is 3.87. The fraction of sp³-hybridized carbons (Fsp3) is 0.870. The Morgan fingerprint density at radius 2 is 1.52 bits per heavy atom. The molecule has 0 rings (SSSR count). The molecule has 6 heteroatoms. The van der Waals surface area contributed by atoms with Crippen molar-refractivity contribution in [3.63, 3.8) is 0 Å². The monoisotopic (exact) mass is 411 g/mol. The first-order valence-corrected chi connectivity index (χ1v) is 11.0. The maximum Gasteiger partial charge on any atom is 0.227 e. The summed E-state index contributed by atoms with van der Waals surface area (Å²) in [6, 6.07) is 0. The molecule has 0 saturated heterocycles. The zero-order valence-corrected chi connectivity index (χ0v) is 20.2. The molecule has 0 aliphatic carbocycles. The van der Waals surface area contributed by atoms with Crippen LogP contribution in [0.25, 0.3) is 0 Å². The van der Waals surface area contributed by atoms with Crippen molar-refractivity contribution < 1.29 is 14.4 Å². The highest BCUT2D eigenvalue weighted by Crippen LogP contribution is 2.33. The second-order valence-electron chi connectivity index (χ2n) is 10.4. The van der Waals surface area contributed by atoms with Crippen molar-refractivity contribution in [2.45, 2.75) is 107 Å². The predicted octanol–water partition coefficient (Wildman–Crippen LogP) is 4.13. The molecule has 170 valence electrons. The van der Waals surface area contributed by atoms with E-state index in [0.29, 0.717) is 12.8 Å². The van der Waals surface area contributed by atoms with Gasteiger partial charge in [-0.05, 0) is 44.4 Å². The van der Waals surface area contributed by atoms with Gasteiger partial charge in [0.2, 0.25) is 17.7 Å². The van der Waals surface area contributed by atoms with Crippen molar-refractivity contribution in [3.8, 4) is 0 Å². The van der Waals surface area contributed by atoms with Crippen molar-refractivity contribution in [2.24, 2.45) is 28.4 Å². The van der Waals surface area contributed by atoms with Gasteiger partial charge in [0, 0.05) is 12.3 Å². The molecular weight excluding hydrogens is 366 g/mol. The van der Waals surface area contributed by atoms with E-state index >= 15 is 0 Å². The van der Waals surface area contributed by atoms with E-state index in [1.807, 2.05) is 20.8 Å². The summed E-state index contributed by atoms with van der Waals surface area (Å²) in [5.41, 5.74) is 3.43. The number of nitrogens with one attached hydrogen (secondary N) is 2. The summed E-state index contributed by atoms with van der Waals surface area (Å²) >= 11 is 0. The second-order valence-corrected chi connectivity index (χ2v) is 10.4. The van der Waals surface area contributed by atoms with Crippen LogP contribution in [-0.4, -0.2) is 23.4 Å². The van der Waals surface area contributed by atoms with Gasteiger partial charge in [0.1, 0.15) is 5.66 Å². The topological polar surface area (TPSA) is 101 Å². The molecule has 0 heterocycles. The number of carbonyl (C=O) groups is 3. The lowest BCUT2D eigenvalue weighted by molar-refractivity contribution is -0.140. The maximum absolute atomic E-state index is 12.9. The SMILES string of the molecule is CCCCC(C)C(=O)NC(CC)(NC(=O)CC(C)CC(C)(C)C)C(C)(C)C(N)=O. The highest BCUT2D eigenvalue weighted by atomic mass is 16.2. The average molecular weight is 412 g/mol. The van der Waals surface area contributed by atoms with Crippen molar-refractivity contribution in [3.05, 3.63) is 0 Å². The van der Waals surface area contributed by atoms with E-state index in [4.69, 9.17) is 5.73 Å². The third kappa shape index (κ3) is 8.35. The Morgan fingerprint density at radius 3 is 1.93 bits per heavy atom. The van der Waals surface area contributed by atoms with E-state index in [1.165, 1.54) is 0 Å². The van der Waals surface area contributed by atoms with Gasteiger partial charge < -0.3 is 16.4 Å². The highest BCUT2D eigenvalue weighted by molar-refractivity contribution is 5.87. The number of amides is 3. The lowest BCUT2D eigenvalue weighted by Crippen LogP contribution is -2.71. The van der Waals surface area contributed by atoms with Crippen LogP contribution in [0.5, 0.6) is 0 Å². The summed E-state index contributed by atoms with van der Waals surface area (Å²) in [5.74, 6) is -0.942. The van der Waals surface area contributed by atoms with Gasteiger partial charge in [-0.3, -0.25) is 14.4 Å². The molecule has 3 atom stereocenters. The van der Waals surface area contributed by atoms with E-state index in [-0.39, 0.29) is 29.1 Å². The van der Waals surface area contributed by atoms with Crippen LogP contribution >= 0.6 is 0 Å². The molecule has 0 spiro atoms. The quantitative estimate of drug-likeness (QED) is 0.421. The highest BCUT2D eigenvalue weighted by Gasteiger charge is 2.50. The van der Waals surface area contributed by atoms with Gasteiger partial charge in [-0.25, -0.2) is 0 Å². The Morgan fingerprint density at radius 1 is 0.966 bits per heavy atom. The van der Waals surface area contributed by atoms with Gasteiger partial charge in [0.15, 0.2) is 0 Å². The molecule has 6 nitrogen and oxygen atoms in total. The smallest absolute Gasteiger partial charge is 0.227 e. The number of hydrogen-bond acceptors (Lipinski definition) is 3. The molecule has 0 aromatic carbocycles. The summed E-state index contributed by atoms with van der Waals surface area (Å²) in [6.45, 7) is 17.6. The third-order valence-corrected chi connectivity index (χ3v) is 5.84. The number of rotatable bonds is 12. The first kappa shape index (κ1) is 27.4. The standard InChI is InChI=1S/C23H45N3O3/c1-10-12-13-17(4)19(28)26-23(11-2,22(8,9)20(24)29)25-18(27)14-16(3)15-21(5,6)7/h16-17H,10-15H2,1-9H3,(H2,24,29)(H,25,27)(H,26,28). The molecule has 0 radical (unpaired) electrons. The van der Waals surface area contributed by atoms with Crippen LogP contribution in [0.15, 0.2) is 0 Å². The van der Waals surface area contributed by atoms with Crippen LogP contribution < -0.4 is 16.4 Å². The lowest BCUT2D eigenvalue weighted by atomic mass is 9.75. The van der Waals surface area contributed by atoms with Gasteiger partial charge in [-0.15, -0.1) is 0 Å². The molecule has 0 fully saturated rings. The Balaban J connectivity index is 5.62.